The molecule has 1 aromatic rings. The second kappa shape index (κ2) is 8.85. The summed E-state index contributed by atoms with van der Waals surface area (Å²) in [6.45, 7) is 5.95. The van der Waals surface area contributed by atoms with E-state index in [-0.39, 0.29) is 0 Å². The van der Waals surface area contributed by atoms with Crippen LogP contribution in [0.4, 0.5) is 0 Å². The first kappa shape index (κ1) is 11.8. The number of hydrogen-bond acceptors (Lipinski definition) is 0. The molecule has 1 rings (SSSR count). The molecule has 0 heterocycles. The van der Waals surface area contributed by atoms with Crippen LogP contribution in [0, 0.1) is 6.92 Å². The van der Waals surface area contributed by atoms with Gasteiger partial charge in [0, 0.05) is 0 Å². The zero-order valence-corrected chi connectivity index (χ0v) is 10.2. The molecular formula is C11H18Al. The van der Waals surface area contributed by atoms with Gasteiger partial charge in [0.1, 0.15) is 0 Å². The van der Waals surface area contributed by atoms with Crippen molar-refractivity contribution in [2.75, 3.05) is 0 Å². The van der Waals surface area contributed by atoms with E-state index >= 15 is 0 Å². The van der Waals surface area contributed by atoms with Crippen molar-refractivity contribution >= 4 is 16.3 Å². The number of benzene rings is 1. The Labute approximate surface area is 84.4 Å². The fourth-order valence-electron chi connectivity index (χ4n) is 0.832. The van der Waals surface area contributed by atoms with E-state index in [1.807, 2.05) is 30.3 Å². The van der Waals surface area contributed by atoms with Crippen molar-refractivity contribution in [2.24, 2.45) is 0 Å². The van der Waals surface area contributed by atoms with Gasteiger partial charge in [-0.1, -0.05) is 50.1 Å². The molecule has 0 atom stereocenters. The van der Waals surface area contributed by atoms with Gasteiger partial charge < -0.3 is 0 Å². The molecule has 0 aromatic heterocycles. The highest BCUT2D eigenvalue weighted by atomic mass is 27.0. The minimum atomic E-state index is 1.07. The summed E-state index contributed by atoms with van der Waals surface area (Å²) in [5, 5.41) is 1.48. The lowest BCUT2D eigenvalue weighted by Crippen LogP contribution is -1.63. The van der Waals surface area contributed by atoms with Crippen molar-refractivity contribution in [1.29, 1.82) is 0 Å². The second-order valence-corrected chi connectivity index (χ2v) is 3.84. The molecule has 0 amide bonds. The van der Waals surface area contributed by atoms with Gasteiger partial charge in [-0.05, 0) is 12.5 Å². The van der Waals surface area contributed by atoms with Crippen molar-refractivity contribution < 1.29 is 0 Å². The van der Waals surface area contributed by atoms with Crippen LogP contribution in [0.25, 0.3) is 0 Å². The first-order chi connectivity index (χ1) is 5.81. The Morgan fingerprint density at radius 3 is 2.00 bits per heavy atom. The highest BCUT2D eigenvalue weighted by Crippen LogP contribution is 1.92. The Hall–Kier alpha value is -0.248. The third-order valence-corrected chi connectivity index (χ3v) is 2.26. The molecule has 0 bridgehead atoms. The maximum Gasteiger partial charge on any atom is 0.211 e. The summed E-state index contributed by atoms with van der Waals surface area (Å²) < 4.78 is 0. The van der Waals surface area contributed by atoms with Crippen molar-refractivity contribution in [3.8, 4) is 0 Å². The Morgan fingerprint density at radius 1 is 1.25 bits per heavy atom. The third-order valence-electron chi connectivity index (χ3n) is 1.55. The molecule has 0 saturated heterocycles. The maximum absolute atomic E-state index is 3.72. The molecule has 0 aliphatic carbocycles. The van der Waals surface area contributed by atoms with Crippen LogP contribution in [0.2, 0.25) is 5.28 Å². The van der Waals surface area contributed by atoms with E-state index < -0.39 is 0 Å². The normalized spacial score (nSPS) is 8.50. The summed E-state index contributed by atoms with van der Waals surface area (Å²) in [7, 11) is 0. The zero-order valence-electron chi connectivity index (χ0n) is 8.22. The predicted octanol–water partition coefficient (Wildman–Crippen LogP) is 2.71. The first-order valence-corrected chi connectivity index (χ1v) is 6.09. The predicted molar refractivity (Wildman–Crippen MR) is 59.2 cm³/mol. The fourth-order valence-corrected chi connectivity index (χ4v) is 1.54. The van der Waals surface area contributed by atoms with Crippen molar-refractivity contribution in [2.45, 2.75) is 25.0 Å². The lowest BCUT2D eigenvalue weighted by atomic mass is 10.2. The molecule has 0 nitrogen and oxygen atoms in total. The van der Waals surface area contributed by atoms with Crippen LogP contribution in [0.3, 0.4) is 0 Å². The van der Waals surface area contributed by atoms with Crippen molar-refractivity contribution in [1.82, 2.24) is 0 Å². The molecule has 1 aromatic carbocycles. The summed E-state index contributed by atoms with van der Waals surface area (Å²) in [6, 6.07) is 9.87. The standard InChI is InChI=1S/C7H7.C4H9.Al.2H/c1-7-5-3-2-4-6-7;1-3-4-2;;;/h2-6H,1H2;1,3-4H2,2H3;;;. The quantitative estimate of drug-likeness (QED) is 0.609. The topological polar surface area (TPSA) is 0 Å². The summed E-state index contributed by atoms with van der Waals surface area (Å²) in [4.78, 5) is 0. The molecular weight excluding hydrogens is 159 g/mol. The van der Waals surface area contributed by atoms with Gasteiger partial charge >= 0.3 is 0 Å². The van der Waals surface area contributed by atoms with Crippen LogP contribution < -0.4 is 0 Å². The van der Waals surface area contributed by atoms with Gasteiger partial charge in [-0.25, -0.2) is 0 Å². The van der Waals surface area contributed by atoms with E-state index in [2.05, 4.69) is 13.8 Å². The number of unbranched alkanes of at least 4 members (excludes halogenated alkanes) is 1. The van der Waals surface area contributed by atoms with Crippen LogP contribution in [-0.4, -0.2) is 16.3 Å². The van der Waals surface area contributed by atoms with E-state index in [0.29, 0.717) is 0 Å². The second-order valence-electron chi connectivity index (χ2n) is 2.84. The summed E-state index contributed by atoms with van der Waals surface area (Å²) in [6.07, 6.45) is 2.83. The van der Waals surface area contributed by atoms with Crippen LogP contribution in [0.15, 0.2) is 30.3 Å². The van der Waals surface area contributed by atoms with Crippen LogP contribution in [0.1, 0.15) is 25.3 Å². The van der Waals surface area contributed by atoms with Gasteiger partial charge in [0.25, 0.3) is 0 Å². The molecule has 0 N–H and O–H groups in total. The Balaban J connectivity index is 0.000000217. The summed E-state index contributed by atoms with van der Waals surface area (Å²) in [5.74, 6) is 0. The Kier molecular flexibility index (Phi) is 8.66. The lowest BCUT2D eigenvalue weighted by Gasteiger charge is -1.82. The lowest BCUT2D eigenvalue weighted by molar-refractivity contribution is 0.884. The molecule has 0 unspecified atom stereocenters. The van der Waals surface area contributed by atoms with Gasteiger partial charge in [0.2, 0.25) is 16.3 Å². The maximum atomic E-state index is 3.72. The van der Waals surface area contributed by atoms with Gasteiger partial charge in [0.15, 0.2) is 0 Å². The van der Waals surface area contributed by atoms with E-state index in [1.54, 1.807) is 0 Å². The van der Waals surface area contributed by atoms with Crippen molar-refractivity contribution in [3.05, 3.63) is 42.8 Å². The molecule has 0 aliphatic heterocycles. The number of hydrogen-bond donors (Lipinski definition) is 0. The fraction of sp³-hybridized carbons (Fsp3) is 0.364. The van der Waals surface area contributed by atoms with Gasteiger partial charge in [-0.15, -0.1) is 5.28 Å². The molecule has 0 saturated carbocycles. The van der Waals surface area contributed by atoms with Crippen molar-refractivity contribution in [3.63, 3.8) is 0 Å². The van der Waals surface area contributed by atoms with E-state index in [9.17, 15) is 0 Å². The van der Waals surface area contributed by atoms with Crippen LogP contribution >= 0.6 is 0 Å². The minimum absolute atomic E-state index is 1.07. The van der Waals surface area contributed by atoms with E-state index in [4.69, 9.17) is 0 Å². The van der Waals surface area contributed by atoms with Gasteiger partial charge in [-0.3, -0.25) is 0 Å². The van der Waals surface area contributed by atoms with Gasteiger partial charge in [-0.2, -0.15) is 0 Å². The minimum Gasteiger partial charge on any atom is -0.101 e. The van der Waals surface area contributed by atoms with Gasteiger partial charge in [0.05, 0.1) is 0 Å². The highest BCUT2D eigenvalue weighted by Gasteiger charge is 1.72. The first-order valence-electron chi connectivity index (χ1n) is 4.68. The molecule has 1 radical (unpaired) electrons. The average Bonchev–Trinajstić information content (AvgIpc) is 2.08. The molecule has 0 fully saturated rings. The molecule has 0 aliphatic rings. The SMILES string of the molecule is CCC[CH2][AlH2].[CH2]c1ccccc1. The molecule has 12 heavy (non-hydrogen) atoms. The Bertz CT molecular complexity index is 168. The summed E-state index contributed by atoms with van der Waals surface area (Å²) in [5.41, 5.74) is 1.07. The highest BCUT2D eigenvalue weighted by molar-refractivity contribution is 6.08. The molecule has 1 heteroatoms. The molecule has 65 valence electrons. The smallest absolute Gasteiger partial charge is 0.101 e. The zero-order chi connectivity index (χ0) is 9.23. The number of rotatable bonds is 2. The van der Waals surface area contributed by atoms with E-state index in [0.717, 1.165) is 5.56 Å². The van der Waals surface area contributed by atoms with Crippen LogP contribution in [0.5, 0.6) is 0 Å². The Morgan fingerprint density at radius 2 is 1.83 bits per heavy atom. The molecule has 0 spiro atoms. The van der Waals surface area contributed by atoms with Crippen LogP contribution in [-0.2, 0) is 0 Å². The average molecular weight is 177 g/mol. The third kappa shape index (κ3) is 7.86. The summed E-state index contributed by atoms with van der Waals surface area (Å²) >= 11 is 1.40. The largest absolute Gasteiger partial charge is 0.211 e. The monoisotopic (exact) mass is 177 g/mol. The van der Waals surface area contributed by atoms with E-state index in [1.165, 1.54) is 34.4 Å².